The molecule has 14 heteroatoms. The number of fused-ring (bicyclic) bond motifs is 2. The van der Waals surface area contributed by atoms with Crippen LogP contribution in [-0.2, 0) is 0 Å². The molecule has 0 amide bonds. The number of pyridine rings is 2. The number of halogens is 1. The van der Waals surface area contributed by atoms with E-state index >= 15 is 0 Å². The molecule has 3 heterocycles. The summed E-state index contributed by atoms with van der Waals surface area (Å²) in [5.41, 5.74) is 5.48. The number of unbranched alkanes of at least 4 members (excludes halogenated alkanes) is 2. The van der Waals surface area contributed by atoms with Gasteiger partial charge in [-0.3, -0.25) is 28.9 Å². The first-order valence-corrected chi connectivity index (χ1v) is 24.7. The Morgan fingerprint density at radius 2 is 1.00 bits per heavy atom. The molecule has 0 bridgehead atoms. The molecule has 6 aromatic carbocycles. The molecule has 0 aliphatic carbocycles. The zero-order chi connectivity index (χ0) is 51.8. The van der Waals surface area contributed by atoms with Crippen molar-refractivity contribution in [1.82, 2.24) is 19.5 Å². The number of methoxy groups -OCH3 is 2. The van der Waals surface area contributed by atoms with Gasteiger partial charge in [0.05, 0.1) is 49.6 Å². The minimum atomic E-state index is -0.113. The van der Waals surface area contributed by atoms with E-state index in [1.54, 1.807) is 75.4 Å². The molecule has 376 valence electrons. The lowest BCUT2D eigenvalue weighted by Crippen LogP contribution is -2.08. The van der Waals surface area contributed by atoms with E-state index in [0.717, 1.165) is 34.7 Å². The summed E-state index contributed by atoms with van der Waals surface area (Å²) < 4.78 is 37.2. The Bertz CT molecular complexity index is 3370. The molecule has 74 heavy (non-hydrogen) atoms. The van der Waals surface area contributed by atoms with Gasteiger partial charge in [0.25, 0.3) is 0 Å². The van der Waals surface area contributed by atoms with Gasteiger partial charge in [-0.2, -0.15) is 0 Å². The van der Waals surface area contributed by atoms with Gasteiger partial charge >= 0.3 is 0 Å². The summed E-state index contributed by atoms with van der Waals surface area (Å²) in [7, 11) is 3.17. The first-order valence-electron chi connectivity index (χ1n) is 24.2. The number of ketones is 2. The fourth-order valence-corrected chi connectivity index (χ4v) is 8.19. The highest BCUT2D eigenvalue weighted by Crippen LogP contribution is 2.40. The first-order chi connectivity index (χ1) is 36.1. The van der Waals surface area contributed by atoms with Gasteiger partial charge in [-0.25, -0.2) is 4.98 Å². The molecule has 0 aliphatic heterocycles. The largest absolute Gasteiger partial charge is 0.493 e. The van der Waals surface area contributed by atoms with E-state index in [1.165, 1.54) is 10.9 Å². The van der Waals surface area contributed by atoms with Crippen LogP contribution in [0.15, 0.2) is 165 Å². The van der Waals surface area contributed by atoms with E-state index in [2.05, 4.69) is 15.0 Å². The summed E-state index contributed by atoms with van der Waals surface area (Å²) in [6.07, 6.45) is 11.6. The van der Waals surface area contributed by atoms with Gasteiger partial charge in [0.2, 0.25) is 5.91 Å². The molecule has 0 aliphatic rings. The minimum Gasteiger partial charge on any atom is -0.493 e. The maximum absolute atomic E-state index is 13.3. The number of aryl methyl sites for hydroxylation is 2. The Balaban J connectivity index is 0.000000200. The molecule has 9 rings (SSSR count). The van der Waals surface area contributed by atoms with Crippen LogP contribution in [-0.4, -0.2) is 70.3 Å². The Labute approximate surface area is 434 Å². The van der Waals surface area contributed by atoms with E-state index in [9.17, 15) is 14.4 Å². The molecule has 0 spiro atoms. The normalized spacial score (nSPS) is 10.8. The number of ether oxygens (including phenoxy) is 6. The highest BCUT2D eigenvalue weighted by atomic mass is 35.5. The van der Waals surface area contributed by atoms with Crippen LogP contribution in [0.3, 0.4) is 0 Å². The molecule has 3 aromatic heterocycles. The van der Waals surface area contributed by atoms with Gasteiger partial charge in [0.1, 0.15) is 29.3 Å². The molecule has 0 saturated heterocycles. The van der Waals surface area contributed by atoms with E-state index < -0.39 is 0 Å². The second-order valence-electron chi connectivity index (χ2n) is 17.2. The molecule has 0 fully saturated rings. The van der Waals surface area contributed by atoms with Crippen LogP contribution in [0.4, 0.5) is 0 Å². The van der Waals surface area contributed by atoms with Crippen molar-refractivity contribution in [2.24, 2.45) is 0 Å². The van der Waals surface area contributed by atoms with E-state index in [0.29, 0.717) is 118 Å². The lowest BCUT2D eigenvalue weighted by atomic mass is 10.0. The van der Waals surface area contributed by atoms with Gasteiger partial charge in [-0.15, -0.1) is 11.6 Å². The molecular weight excluding hydrogens is 956 g/mol. The third-order valence-corrected chi connectivity index (χ3v) is 12.1. The number of carbonyl (C=O) groups excluding carboxylic acids is 3. The summed E-state index contributed by atoms with van der Waals surface area (Å²) in [4.78, 5) is 51.5. The van der Waals surface area contributed by atoms with E-state index in [-0.39, 0.29) is 17.5 Å². The average molecular weight is 1010 g/mol. The summed E-state index contributed by atoms with van der Waals surface area (Å²) in [6.45, 7) is 4.85. The topological polar surface area (TPSA) is 150 Å². The summed E-state index contributed by atoms with van der Waals surface area (Å²) >= 11 is 5.75. The number of hydrogen-bond acceptors (Lipinski definition) is 12. The van der Waals surface area contributed by atoms with Crippen molar-refractivity contribution in [3.63, 3.8) is 0 Å². The second kappa shape index (κ2) is 25.2. The number of aromatic nitrogens is 4. The highest BCUT2D eigenvalue weighted by molar-refractivity contribution is 6.17. The number of benzene rings is 6. The number of alkyl halides is 1. The molecule has 0 radical (unpaired) electrons. The minimum absolute atomic E-state index is 0.000261. The van der Waals surface area contributed by atoms with Gasteiger partial charge in [0, 0.05) is 71.1 Å². The summed E-state index contributed by atoms with van der Waals surface area (Å²) in [5, 5.41) is 1.47. The van der Waals surface area contributed by atoms with Crippen LogP contribution in [0, 0.1) is 13.8 Å². The predicted molar refractivity (Wildman–Crippen MR) is 286 cm³/mol. The van der Waals surface area contributed by atoms with Crippen LogP contribution < -0.4 is 28.4 Å². The van der Waals surface area contributed by atoms with Crippen LogP contribution in [0.1, 0.15) is 79.9 Å². The number of carbonyl (C=O) groups is 3. The van der Waals surface area contributed by atoms with Gasteiger partial charge in [0.15, 0.2) is 34.6 Å². The van der Waals surface area contributed by atoms with Gasteiger partial charge in [-0.05, 0) is 88.1 Å². The molecule has 0 unspecified atom stereocenters. The number of rotatable bonds is 21. The van der Waals surface area contributed by atoms with Crippen molar-refractivity contribution in [3.8, 4) is 46.0 Å². The second-order valence-corrected chi connectivity index (χ2v) is 17.5. The van der Waals surface area contributed by atoms with Crippen molar-refractivity contribution in [2.75, 3.05) is 33.3 Å². The van der Waals surface area contributed by atoms with Crippen molar-refractivity contribution in [2.45, 2.75) is 46.0 Å². The Hall–Kier alpha value is -8.55. The Kier molecular flexibility index (Phi) is 17.6. The number of imidazole rings is 1. The van der Waals surface area contributed by atoms with Crippen molar-refractivity contribution in [3.05, 3.63) is 198 Å². The molecule has 0 atom stereocenters. The van der Waals surface area contributed by atoms with Crippen LogP contribution in [0.25, 0.3) is 21.8 Å². The lowest BCUT2D eigenvalue weighted by molar-refractivity contribution is 0.0896. The van der Waals surface area contributed by atoms with E-state index in [4.69, 9.17) is 40.0 Å². The lowest BCUT2D eigenvalue weighted by Gasteiger charge is -2.15. The fourth-order valence-electron chi connectivity index (χ4n) is 8.00. The van der Waals surface area contributed by atoms with Crippen molar-refractivity contribution < 1.29 is 42.8 Å². The van der Waals surface area contributed by atoms with E-state index in [1.807, 2.05) is 111 Å². The number of nitrogens with zero attached hydrogens (tertiary/aromatic N) is 4. The Morgan fingerprint density at radius 1 is 0.514 bits per heavy atom. The van der Waals surface area contributed by atoms with Crippen LogP contribution in [0.2, 0.25) is 0 Å². The highest BCUT2D eigenvalue weighted by Gasteiger charge is 2.20. The summed E-state index contributed by atoms with van der Waals surface area (Å²) in [5.74, 6) is 4.73. The Morgan fingerprint density at radius 3 is 1.45 bits per heavy atom. The van der Waals surface area contributed by atoms with Gasteiger partial charge < -0.3 is 28.4 Å². The maximum Gasteiger partial charge on any atom is 0.231 e. The van der Waals surface area contributed by atoms with Crippen molar-refractivity contribution >= 4 is 50.9 Å². The summed E-state index contributed by atoms with van der Waals surface area (Å²) in [6, 6.07) is 40.3. The zero-order valence-electron chi connectivity index (χ0n) is 41.6. The number of hydrogen-bond donors (Lipinski definition) is 0. The molecule has 9 aromatic rings. The third-order valence-electron chi connectivity index (χ3n) is 11.9. The quantitative estimate of drug-likeness (QED) is 0.0383. The van der Waals surface area contributed by atoms with Crippen LogP contribution in [0.5, 0.6) is 46.0 Å². The monoisotopic (exact) mass is 1010 g/mol. The maximum atomic E-state index is 13.3. The first kappa shape index (κ1) is 51.8. The van der Waals surface area contributed by atoms with Crippen molar-refractivity contribution in [1.29, 1.82) is 0 Å². The standard InChI is InChI=1S/C32H29N3O5.C28H26ClNO4/c1-22-11-12-27(25(18-22)32(37)23-8-4-3-5-9-23)40-28-13-14-34-26-20-30(29(38-2)19-24(26)28)39-17-7-6-10-31(36)35-16-15-33-21-35;1-19-10-11-24(22(16-19)28(31)20-8-4-3-5-9-20)34-25-12-14-30-23-18-27(33-15-7-6-13-29)26(32-2)17-21(23)25/h3-5,8-9,11-16,18-21H,6-7,10,17H2,1-2H3;3-5,8-12,14,16-18H,6-7,13,15H2,1-2H3. The molecule has 13 nitrogen and oxygen atoms in total. The molecule has 0 N–H and O–H groups in total. The molecular formula is C60H55ClN4O9. The SMILES string of the molecule is COc1cc2c(Oc3ccc(C)cc3C(=O)c3ccccc3)ccnc2cc1OCCCCC(=O)n1ccnc1.COc1cc2c(Oc3ccc(C)cc3C(=O)c3ccccc3)ccnc2cc1OCCCCCl. The fraction of sp³-hybridized carbons (Fsp3) is 0.200. The smallest absolute Gasteiger partial charge is 0.231 e. The zero-order valence-corrected chi connectivity index (χ0v) is 42.3. The average Bonchev–Trinajstić information content (AvgIpc) is 3.99. The van der Waals surface area contributed by atoms with Crippen LogP contribution >= 0.6 is 11.6 Å². The predicted octanol–water partition coefficient (Wildman–Crippen LogP) is 13.6. The van der Waals surface area contributed by atoms with Gasteiger partial charge in [-0.1, -0.05) is 83.9 Å². The third kappa shape index (κ3) is 12.9. The molecule has 0 saturated carbocycles.